The van der Waals surface area contributed by atoms with Gasteiger partial charge in [-0.15, -0.1) is 11.3 Å². The molecule has 0 radical (unpaired) electrons. The van der Waals surface area contributed by atoms with Gasteiger partial charge >= 0.3 is 5.97 Å². The van der Waals surface area contributed by atoms with Gasteiger partial charge in [0.25, 0.3) is 0 Å². The molecule has 1 atom stereocenters. The summed E-state index contributed by atoms with van der Waals surface area (Å²) in [6.07, 6.45) is 4.70. The van der Waals surface area contributed by atoms with Gasteiger partial charge in [-0.05, 0) is 57.7 Å². The highest BCUT2D eigenvalue weighted by Crippen LogP contribution is 2.40. The second-order valence-electron chi connectivity index (χ2n) is 11.2. The van der Waals surface area contributed by atoms with Crippen LogP contribution in [0.1, 0.15) is 67.4 Å². The van der Waals surface area contributed by atoms with Crippen LogP contribution in [0, 0.1) is 23.2 Å². The molecular weight excluding hydrogens is 552 g/mol. The molecular formula is C29H36N2O7S2. The van der Waals surface area contributed by atoms with Crippen molar-refractivity contribution in [3.05, 3.63) is 34.0 Å². The Hall–Kier alpha value is -3.07. The van der Waals surface area contributed by atoms with Crippen molar-refractivity contribution in [3.63, 3.8) is 0 Å². The fourth-order valence-corrected chi connectivity index (χ4v) is 7.56. The second-order valence-corrected chi connectivity index (χ2v) is 14.2. The Bertz CT molecular complexity index is 1440. The van der Waals surface area contributed by atoms with Crippen molar-refractivity contribution in [1.29, 1.82) is 0 Å². The summed E-state index contributed by atoms with van der Waals surface area (Å²) in [4.78, 5) is 28.2. The molecule has 11 heteroatoms. The Morgan fingerprint density at radius 3 is 2.35 bits per heavy atom. The standard InChI is InChI=1S/C29H36N2O7S2/c1-29(2,3)14-13-20-15-22(27(39-20)28(33)34)31-23(19-9-7-6-8-10-19)17-30(18-26(31)32)40(35,36)21-11-12-24(37-4)25(16-21)38-5/h11-12,15-16,19,23H,6-10,17-18H2,1-5H3,(H,33,34). The first-order valence-corrected chi connectivity index (χ1v) is 15.6. The van der Waals surface area contributed by atoms with E-state index < -0.39 is 34.5 Å². The molecule has 9 nitrogen and oxygen atoms in total. The van der Waals surface area contributed by atoms with Crippen LogP contribution in [0.4, 0.5) is 5.69 Å². The van der Waals surface area contributed by atoms with Gasteiger partial charge in [-0.25, -0.2) is 13.2 Å². The highest BCUT2D eigenvalue weighted by molar-refractivity contribution is 7.89. The third-order valence-electron chi connectivity index (χ3n) is 7.22. The number of carbonyl (C=O) groups excluding carboxylic acids is 1. The van der Waals surface area contributed by atoms with Crippen LogP contribution in [-0.2, 0) is 14.8 Å². The molecule has 1 saturated heterocycles. The van der Waals surface area contributed by atoms with E-state index in [1.54, 1.807) is 11.0 Å². The molecule has 216 valence electrons. The molecule has 1 N–H and O–H groups in total. The summed E-state index contributed by atoms with van der Waals surface area (Å²) in [6, 6.07) is 5.51. The van der Waals surface area contributed by atoms with Crippen LogP contribution in [0.25, 0.3) is 0 Å². The van der Waals surface area contributed by atoms with Gasteiger partial charge in [0.1, 0.15) is 4.88 Å². The van der Waals surface area contributed by atoms with Crippen molar-refractivity contribution in [3.8, 4) is 23.3 Å². The van der Waals surface area contributed by atoms with Crippen molar-refractivity contribution in [1.82, 2.24) is 4.31 Å². The first kappa shape index (κ1) is 29.9. The van der Waals surface area contributed by atoms with Gasteiger partial charge in [0, 0.05) is 18.0 Å². The van der Waals surface area contributed by atoms with Crippen LogP contribution in [0.5, 0.6) is 11.5 Å². The van der Waals surface area contributed by atoms with Crippen molar-refractivity contribution in [2.24, 2.45) is 11.3 Å². The Morgan fingerprint density at radius 2 is 1.75 bits per heavy atom. The molecule has 1 unspecified atom stereocenters. The highest BCUT2D eigenvalue weighted by atomic mass is 32.2. The number of carboxylic acid groups (broad SMARTS) is 1. The minimum atomic E-state index is -4.06. The molecule has 2 heterocycles. The average Bonchev–Trinajstić information content (AvgIpc) is 3.35. The number of benzene rings is 1. The van der Waals surface area contributed by atoms with E-state index in [1.807, 2.05) is 20.8 Å². The van der Waals surface area contributed by atoms with Crippen molar-refractivity contribution >= 4 is 38.9 Å². The number of sulfonamides is 1. The molecule has 0 spiro atoms. The van der Waals surface area contributed by atoms with E-state index in [0.717, 1.165) is 43.4 Å². The van der Waals surface area contributed by atoms with E-state index in [-0.39, 0.29) is 33.4 Å². The van der Waals surface area contributed by atoms with Crippen molar-refractivity contribution in [2.75, 3.05) is 32.2 Å². The maximum Gasteiger partial charge on any atom is 0.348 e. The Morgan fingerprint density at radius 1 is 1.07 bits per heavy atom. The lowest BCUT2D eigenvalue weighted by molar-refractivity contribution is -0.121. The molecule has 1 aliphatic carbocycles. The number of amides is 1. The van der Waals surface area contributed by atoms with Crippen LogP contribution in [0.15, 0.2) is 29.2 Å². The molecule has 2 aliphatic rings. The van der Waals surface area contributed by atoms with Crippen molar-refractivity contribution in [2.45, 2.75) is 63.8 Å². The van der Waals surface area contributed by atoms with E-state index in [9.17, 15) is 23.1 Å². The first-order valence-electron chi connectivity index (χ1n) is 13.3. The predicted octanol–water partition coefficient (Wildman–Crippen LogP) is 4.85. The van der Waals surface area contributed by atoms with Gasteiger partial charge in [-0.2, -0.15) is 4.31 Å². The number of anilines is 1. The van der Waals surface area contributed by atoms with Gasteiger partial charge in [0.05, 0.1) is 42.3 Å². The lowest BCUT2D eigenvalue weighted by Gasteiger charge is -2.44. The summed E-state index contributed by atoms with van der Waals surface area (Å²) < 4.78 is 39.3. The van der Waals surface area contributed by atoms with Crippen molar-refractivity contribution < 1.29 is 32.6 Å². The number of hydrogen-bond acceptors (Lipinski definition) is 7. The lowest BCUT2D eigenvalue weighted by Crippen LogP contribution is -2.60. The topological polar surface area (TPSA) is 113 Å². The van der Waals surface area contributed by atoms with Gasteiger partial charge < -0.3 is 19.5 Å². The summed E-state index contributed by atoms with van der Waals surface area (Å²) >= 11 is 1.04. The molecule has 2 fully saturated rings. The molecule has 1 aromatic heterocycles. The van der Waals surface area contributed by atoms with Crippen LogP contribution in [0.3, 0.4) is 0 Å². The average molecular weight is 589 g/mol. The number of ether oxygens (including phenoxy) is 2. The number of piperazine rings is 1. The monoisotopic (exact) mass is 588 g/mol. The molecule has 1 amide bonds. The zero-order chi connectivity index (χ0) is 29.2. The van der Waals surface area contributed by atoms with Gasteiger partial charge in [0.2, 0.25) is 15.9 Å². The Balaban J connectivity index is 1.76. The molecule has 40 heavy (non-hydrogen) atoms. The summed E-state index contributed by atoms with van der Waals surface area (Å²) in [5, 5.41) is 10.0. The fourth-order valence-electron chi connectivity index (χ4n) is 5.29. The molecule has 1 saturated carbocycles. The van der Waals surface area contributed by atoms with Gasteiger partial charge in [0.15, 0.2) is 11.5 Å². The highest BCUT2D eigenvalue weighted by Gasteiger charge is 2.44. The number of carboxylic acids is 1. The summed E-state index contributed by atoms with van der Waals surface area (Å²) in [6.45, 7) is 5.55. The number of nitrogens with zero attached hydrogens (tertiary/aromatic N) is 2. The normalized spacial score (nSPS) is 19.2. The maximum atomic E-state index is 13.8. The minimum Gasteiger partial charge on any atom is -0.493 e. The number of aromatic carboxylic acids is 1. The molecule has 1 aromatic carbocycles. The SMILES string of the molecule is COc1ccc(S(=O)(=O)N2CC(=O)N(c3cc(C#CC(C)(C)C)sc3C(=O)O)C(C3CCCCC3)C2)cc1OC. The number of rotatable bonds is 7. The lowest BCUT2D eigenvalue weighted by atomic mass is 9.82. The minimum absolute atomic E-state index is 0.00436. The number of hydrogen-bond donors (Lipinski definition) is 1. The van der Waals surface area contributed by atoms with Gasteiger partial charge in [-0.3, -0.25) is 4.79 Å². The summed E-state index contributed by atoms with van der Waals surface area (Å²) in [5.74, 6) is 5.29. The predicted molar refractivity (Wildman–Crippen MR) is 154 cm³/mol. The van der Waals surface area contributed by atoms with Crippen LogP contribution >= 0.6 is 11.3 Å². The number of thiophene rings is 1. The van der Waals surface area contributed by atoms with E-state index in [1.165, 1.54) is 36.7 Å². The zero-order valence-corrected chi connectivity index (χ0v) is 25.2. The largest absolute Gasteiger partial charge is 0.493 e. The number of carbonyl (C=O) groups is 2. The zero-order valence-electron chi connectivity index (χ0n) is 23.5. The van der Waals surface area contributed by atoms with E-state index in [0.29, 0.717) is 16.3 Å². The fraction of sp³-hybridized carbons (Fsp3) is 0.517. The number of methoxy groups -OCH3 is 2. The Labute approximate surface area is 240 Å². The van der Waals surface area contributed by atoms with Crippen LogP contribution in [0.2, 0.25) is 0 Å². The van der Waals surface area contributed by atoms with Crippen LogP contribution in [-0.4, -0.2) is 63.1 Å². The first-order chi connectivity index (χ1) is 18.9. The molecule has 2 aromatic rings. The molecule has 4 rings (SSSR count). The molecule has 1 aliphatic heterocycles. The molecule has 0 bridgehead atoms. The second kappa shape index (κ2) is 11.8. The van der Waals surface area contributed by atoms with E-state index >= 15 is 0 Å². The maximum absolute atomic E-state index is 13.8. The Kier molecular flexibility index (Phi) is 8.83. The quantitative estimate of drug-likeness (QED) is 0.460. The van der Waals surface area contributed by atoms with E-state index in [4.69, 9.17) is 9.47 Å². The third-order valence-corrected chi connectivity index (χ3v) is 10.1. The summed E-state index contributed by atoms with van der Waals surface area (Å²) in [7, 11) is -1.17. The van der Waals surface area contributed by atoms with E-state index in [2.05, 4.69) is 11.8 Å². The third kappa shape index (κ3) is 6.29. The smallest absolute Gasteiger partial charge is 0.348 e. The van der Waals surface area contributed by atoms with Gasteiger partial charge in [-0.1, -0.05) is 31.1 Å². The van der Waals surface area contributed by atoms with Crippen LogP contribution < -0.4 is 14.4 Å². The summed E-state index contributed by atoms with van der Waals surface area (Å²) in [5.41, 5.74) is 0.0115.